The maximum absolute atomic E-state index is 12.8. The third-order valence-corrected chi connectivity index (χ3v) is 5.48. The number of benzene rings is 1. The summed E-state index contributed by atoms with van der Waals surface area (Å²) in [5.74, 6) is 1.44. The van der Waals surface area contributed by atoms with Gasteiger partial charge in [-0.1, -0.05) is 0 Å². The van der Waals surface area contributed by atoms with Crippen molar-refractivity contribution >= 4 is 24.2 Å². The van der Waals surface area contributed by atoms with E-state index in [1.54, 1.807) is 37.3 Å². The second-order valence-corrected chi connectivity index (χ2v) is 7.26. The number of amides is 2. The number of halogens is 1. The van der Waals surface area contributed by atoms with E-state index in [1.165, 1.54) is 0 Å². The van der Waals surface area contributed by atoms with E-state index in [9.17, 15) is 9.59 Å². The quantitative estimate of drug-likeness (QED) is 0.818. The van der Waals surface area contributed by atoms with Crippen LogP contribution < -0.4 is 14.8 Å². The number of piperazine rings is 1. The molecule has 7 nitrogen and oxygen atoms in total. The van der Waals surface area contributed by atoms with Gasteiger partial charge in [0.1, 0.15) is 0 Å². The van der Waals surface area contributed by atoms with Crippen molar-refractivity contribution in [1.82, 2.24) is 15.1 Å². The van der Waals surface area contributed by atoms with Crippen LogP contribution in [0.25, 0.3) is 0 Å². The fourth-order valence-corrected chi connectivity index (χ4v) is 3.90. The fourth-order valence-electron chi connectivity index (χ4n) is 3.90. The molecule has 3 rings (SSSR count). The van der Waals surface area contributed by atoms with Gasteiger partial charge in [-0.2, -0.15) is 0 Å². The van der Waals surface area contributed by atoms with Crippen LogP contribution in [0.3, 0.4) is 0 Å². The Kier molecular flexibility index (Phi) is 7.95. The number of piperidine rings is 1. The molecular formula is C20H30ClN3O4. The number of ether oxygens (including phenoxy) is 2. The number of rotatable bonds is 4. The molecule has 1 aromatic carbocycles. The minimum absolute atomic E-state index is 0. The molecule has 2 atom stereocenters. The van der Waals surface area contributed by atoms with E-state index >= 15 is 0 Å². The molecule has 156 valence electrons. The lowest BCUT2D eigenvalue weighted by Gasteiger charge is -2.38. The molecule has 0 bridgehead atoms. The summed E-state index contributed by atoms with van der Waals surface area (Å²) >= 11 is 0. The standard InChI is InChI=1S/C20H29N3O4.ClH/c1-14-12-16(6-7-21-14)20(25)23-10-8-22(9-11-23)19(24)15-4-5-17(26-2)18(13-15)27-3;/h4-5,13-14,16,21H,6-12H2,1-3H3;1H/t14-,16-;/m0./s1. The summed E-state index contributed by atoms with van der Waals surface area (Å²) in [5, 5.41) is 3.38. The molecule has 1 N–H and O–H groups in total. The molecule has 2 amide bonds. The van der Waals surface area contributed by atoms with E-state index in [4.69, 9.17) is 9.47 Å². The number of carbonyl (C=O) groups is 2. The lowest BCUT2D eigenvalue weighted by atomic mass is 9.92. The summed E-state index contributed by atoms with van der Waals surface area (Å²) in [6.07, 6.45) is 1.79. The molecule has 0 aliphatic carbocycles. The molecule has 1 aromatic rings. The van der Waals surface area contributed by atoms with Crippen LogP contribution in [0.5, 0.6) is 11.5 Å². The maximum atomic E-state index is 12.8. The van der Waals surface area contributed by atoms with Gasteiger partial charge in [0.15, 0.2) is 11.5 Å². The zero-order valence-electron chi connectivity index (χ0n) is 16.8. The van der Waals surface area contributed by atoms with Gasteiger partial charge in [0.25, 0.3) is 5.91 Å². The van der Waals surface area contributed by atoms with Crippen molar-refractivity contribution in [2.24, 2.45) is 5.92 Å². The first-order valence-corrected chi connectivity index (χ1v) is 9.57. The van der Waals surface area contributed by atoms with Crippen molar-refractivity contribution in [2.75, 3.05) is 46.9 Å². The number of nitrogens with one attached hydrogen (secondary N) is 1. The Balaban J connectivity index is 0.00000280. The summed E-state index contributed by atoms with van der Waals surface area (Å²) in [6, 6.07) is 5.58. The van der Waals surface area contributed by atoms with Crippen molar-refractivity contribution < 1.29 is 19.1 Å². The first-order chi connectivity index (χ1) is 13.0. The van der Waals surface area contributed by atoms with Crippen LogP contribution in [0.15, 0.2) is 18.2 Å². The molecule has 28 heavy (non-hydrogen) atoms. The molecule has 8 heteroatoms. The lowest BCUT2D eigenvalue weighted by Crippen LogP contribution is -2.53. The van der Waals surface area contributed by atoms with Crippen LogP contribution in [0.1, 0.15) is 30.1 Å². The predicted octanol–water partition coefficient (Wildman–Crippen LogP) is 1.80. The van der Waals surface area contributed by atoms with Gasteiger partial charge >= 0.3 is 0 Å². The van der Waals surface area contributed by atoms with Gasteiger partial charge in [0.2, 0.25) is 5.91 Å². The summed E-state index contributed by atoms with van der Waals surface area (Å²) in [7, 11) is 3.12. The van der Waals surface area contributed by atoms with Gasteiger partial charge in [-0.15, -0.1) is 12.4 Å². The van der Waals surface area contributed by atoms with E-state index in [0.717, 1.165) is 19.4 Å². The number of hydrogen-bond donors (Lipinski definition) is 1. The van der Waals surface area contributed by atoms with Crippen LogP contribution in [-0.4, -0.2) is 74.6 Å². The monoisotopic (exact) mass is 411 g/mol. The molecule has 0 spiro atoms. The number of nitrogens with zero attached hydrogens (tertiary/aromatic N) is 2. The normalized spacial score (nSPS) is 22.2. The summed E-state index contributed by atoms with van der Waals surface area (Å²) in [5.41, 5.74) is 0.569. The van der Waals surface area contributed by atoms with Crippen molar-refractivity contribution in [3.8, 4) is 11.5 Å². The van der Waals surface area contributed by atoms with Gasteiger partial charge in [-0.3, -0.25) is 9.59 Å². The molecule has 2 aliphatic rings. The summed E-state index contributed by atoms with van der Waals surface area (Å²) < 4.78 is 10.5. The smallest absolute Gasteiger partial charge is 0.254 e. The molecule has 0 radical (unpaired) electrons. The molecule has 0 unspecified atom stereocenters. The third-order valence-electron chi connectivity index (χ3n) is 5.48. The summed E-state index contributed by atoms with van der Waals surface area (Å²) in [6.45, 7) is 5.32. The molecule has 0 aromatic heterocycles. The predicted molar refractivity (Wildman–Crippen MR) is 109 cm³/mol. The van der Waals surface area contributed by atoms with Gasteiger partial charge < -0.3 is 24.6 Å². The molecule has 0 saturated carbocycles. The molecule has 2 aliphatic heterocycles. The highest BCUT2D eigenvalue weighted by Crippen LogP contribution is 2.28. The zero-order valence-corrected chi connectivity index (χ0v) is 17.6. The Morgan fingerprint density at radius 1 is 1.04 bits per heavy atom. The molecular weight excluding hydrogens is 382 g/mol. The first-order valence-electron chi connectivity index (χ1n) is 9.57. The fraction of sp³-hybridized carbons (Fsp3) is 0.600. The Morgan fingerprint density at radius 3 is 2.29 bits per heavy atom. The van der Waals surface area contributed by atoms with Gasteiger partial charge in [0, 0.05) is 43.7 Å². The van der Waals surface area contributed by atoms with Gasteiger partial charge in [-0.05, 0) is 44.5 Å². The van der Waals surface area contributed by atoms with Gasteiger partial charge in [-0.25, -0.2) is 0 Å². The highest BCUT2D eigenvalue weighted by Gasteiger charge is 2.31. The third kappa shape index (κ3) is 4.89. The topological polar surface area (TPSA) is 71.1 Å². The highest BCUT2D eigenvalue weighted by molar-refractivity contribution is 5.95. The lowest BCUT2D eigenvalue weighted by molar-refractivity contribution is -0.138. The van der Waals surface area contributed by atoms with Crippen molar-refractivity contribution in [3.05, 3.63) is 23.8 Å². The number of methoxy groups -OCH3 is 2. The highest BCUT2D eigenvalue weighted by atomic mass is 35.5. The van der Waals surface area contributed by atoms with Crippen LogP contribution in [0, 0.1) is 5.92 Å². The SMILES string of the molecule is COc1ccc(C(=O)N2CCN(C(=O)[C@H]3CCN[C@@H](C)C3)CC2)cc1OC.Cl. The molecule has 2 saturated heterocycles. The minimum Gasteiger partial charge on any atom is -0.493 e. The Morgan fingerprint density at radius 2 is 1.68 bits per heavy atom. The average molecular weight is 412 g/mol. The second kappa shape index (κ2) is 9.98. The molecule has 2 heterocycles. The van der Waals surface area contributed by atoms with E-state index in [1.807, 2.05) is 4.90 Å². The Hall–Kier alpha value is -1.99. The largest absolute Gasteiger partial charge is 0.493 e. The van der Waals surface area contributed by atoms with Crippen molar-refractivity contribution in [2.45, 2.75) is 25.8 Å². The van der Waals surface area contributed by atoms with Crippen LogP contribution in [0.2, 0.25) is 0 Å². The zero-order chi connectivity index (χ0) is 19.4. The van der Waals surface area contributed by atoms with E-state index in [0.29, 0.717) is 49.3 Å². The Labute approximate surface area is 172 Å². The van der Waals surface area contributed by atoms with E-state index < -0.39 is 0 Å². The van der Waals surface area contributed by atoms with Crippen molar-refractivity contribution in [1.29, 1.82) is 0 Å². The number of hydrogen-bond acceptors (Lipinski definition) is 5. The second-order valence-electron chi connectivity index (χ2n) is 7.26. The van der Waals surface area contributed by atoms with Gasteiger partial charge in [0.05, 0.1) is 14.2 Å². The number of carbonyl (C=O) groups excluding carboxylic acids is 2. The molecule has 2 fully saturated rings. The van der Waals surface area contributed by atoms with E-state index in [2.05, 4.69) is 12.2 Å². The van der Waals surface area contributed by atoms with Crippen molar-refractivity contribution in [3.63, 3.8) is 0 Å². The van der Waals surface area contributed by atoms with Crippen LogP contribution in [-0.2, 0) is 4.79 Å². The average Bonchev–Trinajstić information content (AvgIpc) is 2.72. The minimum atomic E-state index is -0.0430. The van der Waals surface area contributed by atoms with Crippen LogP contribution >= 0.6 is 12.4 Å². The van der Waals surface area contributed by atoms with E-state index in [-0.39, 0.29) is 30.1 Å². The maximum Gasteiger partial charge on any atom is 0.254 e. The Bertz CT molecular complexity index is 692. The van der Waals surface area contributed by atoms with Crippen LogP contribution in [0.4, 0.5) is 0 Å². The first kappa shape index (κ1) is 22.3. The summed E-state index contributed by atoms with van der Waals surface area (Å²) in [4.78, 5) is 29.3.